The van der Waals surface area contributed by atoms with Gasteiger partial charge in [-0.1, -0.05) is 0 Å². The van der Waals surface area contributed by atoms with E-state index in [1.54, 1.807) is 6.92 Å². The minimum absolute atomic E-state index is 0.0295. The Morgan fingerprint density at radius 1 is 1.23 bits per heavy atom. The Morgan fingerprint density at radius 3 is 2.32 bits per heavy atom. The van der Waals surface area contributed by atoms with Gasteiger partial charge in [-0.25, -0.2) is 18.4 Å². The number of hydrogen-bond donors (Lipinski definition) is 3. The highest BCUT2D eigenvalue weighted by Gasteiger charge is 2.17. The molecule has 0 aliphatic heterocycles. The summed E-state index contributed by atoms with van der Waals surface area (Å²) in [5, 5.41) is 7.57. The molecule has 0 saturated heterocycles. The molecule has 22 heavy (non-hydrogen) atoms. The average molecular weight is 326 g/mol. The second-order valence-corrected chi connectivity index (χ2v) is 5.59. The van der Waals surface area contributed by atoms with Crippen molar-refractivity contribution in [3.8, 4) is 5.88 Å². The van der Waals surface area contributed by atoms with Crippen molar-refractivity contribution in [3.05, 3.63) is 36.7 Å². The molecule has 0 bridgehead atoms. The van der Waals surface area contributed by atoms with Crippen LogP contribution in [-0.4, -0.2) is 37.2 Å². The molecule has 0 atom stereocenters. The predicted octanol–water partition coefficient (Wildman–Crippen LogP) is 0.867. The summed E-state index contributed by atoms with van der Waals surface area (Å²) in [6.07, 6.45) is 2.77. The Hall–Kier alpha value is -2.39. The number of aromatic nitrogens is 2. The van der Waals surface area contributed by atoms with E-state index in [0.717, 1.165) is 0 Å². The minimum atomic E-state index is -3.75. The molecule has 0 fully saturated rings. The summed E-state index contributed by atoms with van der Waals surface area (Å²) in [4.78, 5) is 7.81. The van der Waals surface area contributed by atoms with Crippen molar-refractivity contribution in [1.29, 1.82) is 0 Å². The summed E-state index contributed by atoms with van der Waals surface area (Å²) < 4.78 is 31.4. The number of nitrogens with two attached hydrogens (primary N) is 1. The van der Waals surface area contributed by atoms with Crippen LogP contribution in [0.4, 0.5) is 11.5 Å². The molecule has 8 nitrogen and oxygen atoms in total. The van der Waals surface area contributed by atoms with Crippen LogP contribution < -0.4 is 15.2 Å². The molecule has 0 amide bonds. The lowest BCUT2D eigenvalue weighted by Crippen LogP contribution is -2.15. The van der Waals surface area contributed by atoms with E-state index < -0.39 is 10.0 Å². The van der Waals surface area contributed by atoms with Gasteiger partial charge in [0.25, 0.3) is 15.9 Å². The smallest absolute Gasteiger partial charge is 0.263 e. The molecule has 2 aromatic rings. The van der Waals surface area contributed by atoms with Crippen molar-refractivity contribution >= 4 is 21.5 Å². The first-order chi connectivity index (χ1) is 10.4. The third-order valence-electron chi connectivity index (χ3n) is 2.28. The van der Waals surface area contributed by atoms with E-state index in [4.69, 9.17) is 15.6 Å². The zero-order chi connectivity index (χ0) is 16.6. The van der Waals surface area contributed by atoms with E-state index in [2.05, 4.69) is 14.7 Å². The molecule has 0 aliphatic rings. The second kappa shape index (κ2) is 8.15. The van der Waals surface area contributed by atoms with Gasteiger partial charge >= 0.3 is 0 Å². The predicted molar refractivity (Wildman–Crippen MR) is 83.0 cm³/mol. The second-order valence-electron chi connectivity index (χ2n) is 3.90. The maximum absolute atomic E-state index is 12.1. The number of aliphatic hydroxyl groups excluding tert-OH is 1. The molecule has 0 radical (unpaired) electrons. The van der Waals surface area contributed by atoms with Gasteiger partial charge in [0.2, 0.25) is 5.82 Å². The van der Waals surface area contributed by atoms with Crippen LogP contribution in [0, 0.1) is 0 Å². The highest BCUT2D eigenvalue weighted by Crippen LogP contribution is 2.21. The molecule has 0 spiro atoms. The average Bonchev–Trinajstić information content (AvgIpc) is 2.48. The number of hydrogen-bond acceptors (Lipinski definition) is 7. The summed E-state index contributed by atoms with van der Waals surface area (Å²) in [6, 6.07) is 5.81. The molecule has 1 aromatic carbocycles. The Bertz CT molecular complexity index is 689. The van der Waals surface area contributed by atoms with Crippen molar-refractivity contribution in [3.63, 3.8) is 0 Å². The summed E-state index contributed by atoms with van der Waals surface area (Å²) >= 11 is 0. The van der Waals surface area contributed by atoms with Gasteiger partial charge in [0.05, 0.1) is 12.0 Å². The number of ether oxygens (including phenoxy) is 1. The third kappa shape index (κ3) is 4.86. The van der Waals surface area contributed by atoms with Gasteiger partial charge < -0.3 is 15.6 Å². The lowest BCUT2D eigenvalue weighted by Gasteiger charge is -2.09. The van der Waals surface area contributed by atoms with E-state index in [-0.39, 0.29) is 23.2 Å². The van der Waals surface area contributed by atoms with E-state index in [1.807, 2.05) is 0 Å². The fourth-order valence-electron chi connectivity index (χ4n) is 1.38. The monoisotopic (exact) mass is 326 g/mol. The highest BCUT2D eigenvalue weighted by atomic mass is 32.2. The van der Waals surface area contributed by atoms with Crippen LogP contribution in [0.2, 0.25) is 0 Å². The van der Waals surface area contributed by atoms with Crippen molar-refractivity contribution in [2.75, 3.05) is 24.2 Å². The number of sulfonamides is 1. The first kappa shape index (κ1) is 17.7. The van der Waals surface area contributed by atoms with Crippen molar-refractivity contribution in [1.82, 2.24) is 9.97 Å². The molecular formula is C13H18N4O4S. The summed E-state index contributed by atoms with van der Waals surface area (Å²) in [6.45, 7) is 1.93. The number of anilines is 2. The van der Waals surface area contributed by atoms with Gasteiger partial charge in [0.1, 0.15) is 0 Å². The molecule has 2 rings (SSSR count). The van der Waals surface area contributed by atoms with Crippen LogP contribution in [0.3, 0.4) is 0 Å². The number of nitrogen functional groups attached to an aromatic ring is 1. The van der Waals surface area contributed by atoms with Crippen molar-refractivity contribution < 1.29 is 18.3 Å². The maximum atomic E-state index is 12.1. The van der Waals surface area contributed by atoms with Crippen molar-refractivity contribution in [2.45, 2.75) is 11.8 Å². The number of aliphatic hydroxyl groups is 1. The number of nitrogens with one attached hydrogen (secondary N) is 1. The largest absolute Gasteiger partial charge is 0.478 e. The van der Waals surface area contributed by atoms with Crippen LogP contribution in [0.1, 0.15) is 6.92 Å². The Kier molecular flexibility index (Phi) is 6.54. The molecule has 1 aromatic heterocycles. The molecule has 1 heterocycles. The van der Waals surface area contributed by atoms with Crippen LogP contribution in [0.15, 0.2) is 41.6 Å². The minimum Gasteiger partial charge on any atom is -0.478 e. The Labute approximate surface area is 129 Å². The number of benzene rings is 1. The standard InChI is InChI=1S/C11H12N4O3S.C2H6O/c1-18-11-10(13-6-7-14-11)15-19(16,17)9-4-2-8(12)3-5-9;1-2-3/h2-7H,12H2,1H3,(H,13,15);3H,2H2,1H3. The number of nitrogens with zero attached hydrogens (tertiary/aromatic N) is 2. The molecule has 0 saturated carbocycles. The SMILES string of the molecule is CCO.COc1nccnc1NS(=O)(=O)c1ccc(N)cc1. The van der Waals surface area contributed by atoms with Gasteiger partial charge in [-0.2, -0.15) is 0 Å². The van der Waals surface area contributed by atoms with Gasteiger partial charge in [0, 0.05) is 24.7 Å². The molecule has 9 heteroatoms. The highest BCUT2D eigenvalue weighted by molar-refractivity contribution is 7.92. The number of rotatable bonds is 4. The lowest BCUT2D eigenvalue weighted by molar-refractivity contribution is 0.318. The normalized spacial score (nSPS) is 10.3. The van der Waals surface area contributed by atoms with Crippen molar-refractivity contribution in [2.24, 2.45) is 0 Å². The molecule has 4 N–H and O–H groups in total. The summed E-state index contributed by atoms with van der Waals surface area (Å²) in [5.41, 5.74) is 5.99. The first-order valence-corrected chi connectivity index (χ1v) is 7.77. The molecule has 120 valence electrons. The van der Waals surface area contributed by atoms with Crippen LogP contribution in [-0.2, 0) is 10.0 Å². The van der Waals surface area contributed by atoms with Gasteiger partial charge in [-0.05, 0) is 31.2 Å². The van der Waals surface area contributed by atoms with Gasteiger partial charge in [-0.15, -0.1) is 0 Å². The summed E-state index contributed by atoms with van der Waals surface area (Å²) in [7, 11) is -2.37. The fourth-order valence-corrected chi connectivity index (χ4v) is 2.38. The van der Waals surface area contributed by atoms with E-state index in [1.165, 1.54) is 43.8 Å². The first-order valence-electron chi connectivity index (χ1n) is 6.28. The zero-order valence-corrected chi connectivity index (χ0v) is 13.0. The molecule has 0 unspecified atom stereocenters. The summed E-state index contributed by atoms with van der Waals surface area (Å²) in [5.74, 6) is 0.128. The van der Waals surface area contributed by atoms with Crippen LogP contribution in [0.5, 0.6) is 5.88 Å². The topological polar surface area (TPSA) is 127 Å². The van der Waals surface area contributed by atoms with E-state index in [9.17, 15) is 8.42 Å². The Balaban J connectivity index is 0.000000745. The quantitative estimate of drug-likeness (QED) is 0.711. The van der Waals surface area contributed by atoms with E-state index in [0.29, 0.717) is 5.69 Å². The van der Waals surface area contributed by atoms with Crippen LogP contribution in [0.25, 0.3) is 0 Å². The lowest BCUT2D eigenvalue weighted by atomic mass is 10.3. The van der Waals surface area contributed by atoms with Gasteiger partial charge in [0.15, 0.2) is 0 Å². The third-order valence-corrected chi connectivity index (χ3v) is 3.63. The maximum Gasteiger partial charge on any atom is 0.263 e. The zero-order valence-electron chi connectivity index (χ0n) is 12.2. The van der Waals surface area contributed by atoms with Crippen LogP contribution >= 0.6 is 0 Å². The number of methoxy groups -OCH3 is 1. The molecule has 0 aliphatic carbocycles. The van der Waals surface area contributed by atoms with Gasteiger partial charge in [-0.3, -0.25) is 4.72 Å². The van der Waals surface area contributed by atoms with E-state index >= 15 is 0 Å². The molecular weight excluding hydrogens is 308 g/mol. The Morgan fingerprint density at radius 2 is 1.77 bits per heavy atom. The fraction of sp³-hybridized carbons (Fsp3) is 0.231.